The van der Waals surface area contributed by atoms with Crippen LogP contribution in [-0.4, -0.2) is 92.3 Å². The number of nitrogens with zero attached hydrogens (tertiary/aromatic N) is 7. The molecule has 12 nitrogen and oxygen atoms in total. The summed E-state index contributed by atoms with van der Waals surface area (Å²) in [5.41, 5.74) is 1.38. The Labute approximate surface area is 222 Å². The van der Waals surface area contributed by atoms with Crippen molar-refractivity contribution >= 4 is 15.9 Å². The molecule has 1 N–H and O–H groups in total. The van der Waals surface area contributed by atoms with Gasteiger partial charge in [0.15, 0.2) is 0 Å². The Bertz CT molecular complexity index is 1290. The normalized spacial score (nSPS) is 20.6. The minimum atomic E-state index is -3.82. The molecule has 206 valence electrons. The summed E-state index contributed by atoms with van der Waals surface area (Å²) in [6.45, 7) is 4.63. The standard InChI is InChI=1S/C25H35N7O5S/c1-19-14-31(20(2)17-33)25(34)6-4-12-30-15-21(27-28-30)18-37-24(19)16-29(3)38(35,36)23-9-7-22(8-10-23)32-13-5-11-26-32/h5,7-11,13,15,19-20,24,33H,4,6,12,14,16-18H2,1-3H3/t19-,20-,24-/m0/s1. The zero-order valence-corrected chi connectivity index (χ0v) is 22.7. The summed E-state index contributed by atoms with van der Waals surface area (Å²) in [6, 6.07) is 7.94. The van der Waals surface area contributed by atoms with Gasteiger partial charge in [0.25, 0.3) is 0 Å². The first-order chi connectivity index (χ1) is 18.2. The number of amides is 1. The molecule has 0 saturated carbocycles. The minimum Gasteiger partial charge on any atom is -0.394 e. The van der Waals surface area contributed by atoms with Crippen molar-refractivity contribution in [2.24, 2.45) is 5.92 Å². The number of likely N-dealkylation sites (N-methyl/N-ethyl adjacent to an activating group) is 1. The summed E-state index contributed by atoms with van der Waals surface area (Å²) in [5, 5.41) is 22.2. The maximum atomic E-state index is 13.4. The van der Waals surface area contributed by atoms with Crippen LogP contribution in [0.25, 0.3) is 5.69 Å². The maximum absolute atomic E-state index is 13.4. The van der Waals surface area contributed by atoms with Crippen LogP contribution in [0.5, 0.6) is 0 Å². The number of carbonyl (C=O) groups excluding carboxylic acids is 1. The highest BCUT2D eigenvalue weighted by Gasteiger charge is 2.31. The zero-order valence-electron chi connectivity index (χ0n) is 21.9. The van der Waals surface area contributed by atoms with E-state index in [2.05, 4.69) is 15.4 Å². The third-order valence-corrected chi connectivity index (χ3v) is 8.63. The van der Waals surface area contributed by atoms with Gasteiger partial charge < -0.3 is 14.7 Å². The quantitative estimate of drug-likeness (QED) is 0.469. The molecule has 1 amide bonds. The molecule has 1 aliphatic heterocycles. The van der Waals surface area contributed by atoms with Crippen molar-refractivity contribution in [2.75, 3.05) is 26.7 Å². The van der Waals surface area contributed by atoms with E-state index >= 15 is 0 Å². The lowest BCUT2D eigenvalue weighted by Gasteiger charge is -2.35. The largest absolute Gasteiger partial charge is 0.394 e. The van der Waals surface area contributed by atoms with Gasteiger partial charge in [-0.2, -0.15) is 9.40 Å². The van der Waals surface area contributed by atoms with Crippen LogP contribution in [0.4, 0.5) is 0 Å². The highest BCUT2D eigenvalue weighted by Crippen LogP contribution is 2.21. The number of rotatable bonds is 7. The van der Waals surface area contributed by atoms with E-state index in [9.17, 15) is 18.3 Å². The van der Waals surface area contributed by atoms with Gasteiger partial charge >= 0.3 is 0 Å². The van der Waals surface area contributed by atoms with Crippen LogP contribution in [-0.2, 0) is 32.7 Å². The second kappa shape index (κ2) is 12.2. The SMILES string of the molecule is C[C@H]1CN([C@@H](C)CO)C(=O)CCCn2cc(nn2)CO[C@H]1CN(C)S(=O)(=O)c1ccc(-n2cccn2)cc1. The molecule has 1 aromatic carbocycles. The second-order valence-corrected chi connectivity index (χ2v) is 11.8. The molecule has 0 spiro atoms. The molecule has 3 heterocycles. The van der Waals surface area contributed by atoms with Crippen molar-refractivity contribution in [1.82, 2.24) is 34.0 Å². The third-order valence-electron chi connectivity index (χ3n) is 6.80. The number of ether oxygens (including phenoxy) is 1. The number of aryl methyl sites for hydroxylation is 1. The summed E-state index contributed by atoms with van der Waals surface area (Å²) >= 11 is 0. The van der Waals surface area contributed by atoms with Crippen LogP contribution in [0.1, 0.15) is 32.4 Å². The average molecular weight is 546 g/mol. The molecule has 0 fully saturated rings. The molecule has 3 aromatic rings. The van der Waals surface area contributed by atoms with Crippen molar-refractivity contribution in [3.8, 4) is 5.69 Å². The maximum Gasteiger partial charge on any atom is 0.242 e. The molecule has 0 aliphatic carbocycles. The van der Waals surface area contributed by atoms with Crippen LogP contribution in [0, 0.1) is 5.92 Å². The molecule has 0 unspecified atom stereocenters. The molecule has 2 aromatic heterocycles. The molecule has 0 saturated heterocycles. The van der Waals surface area contributed by atoms with Crippen LogP contribution in [0.15, 0.2) is 53.8 Å². The number of aromatic nitrogens is 5. The summed E-state index contributed by atoms with van der Waals surface area (Å²) in [4.78, 5) is 14.8. The molecule has 1 aliphatic rings. The Morgan fingerprint density at radius 2 is 2.03 bits per heavy atom. The fourth-order valence-electron chi connectivity index (χ4n) is 4.42. The number of hydrogen-bond donors (Lipinski definition) is 1. The van der Waals surface area contributed by atoms with Crippen molar-refractivity contribution in [1.29, 1.82) is 0 Å². The van der Waals surface area contributed by atoms with Gasteiger partial charge in [-0.25, -0.2) is 13.1 Å². The fourth-order valence-corrected chi connectivity index (χ4v) is 5.60. The molecular formula is C25H35N7O5S. The Balaban J connectivity index is 1.55. The Kier molecular flexibility index (Phi) is 8.92. The Hall–Kier alpha value is -3.13. The lowest BCUT2D eigenvalue weighted by molar-refractivity contribution is -0.136. The van der Waals surface area contributed by atoms with Crippen molar-refractivity contribution in [3.63, 3.8) is 0 Å². The summed E-state index contributed by atoms with van der Waals surface area (Å²) in [7, 11) is -2.30. The number of carbonyl (C=O) groups is 1. The lowest BCUT2D eigenvalue weighted by Crippen LogP contribution is -2.47. The number of benzene rings is 1. The van der Waals surface area contributed by atoms with Gasteiger partial charge in [-0.3, -0.25) is 9.48 Å². The molecule has 38 heavy (non-hydrogen) atoms. The predicted octanol–water partition coefficient (Wildman–Crippen LogP) is 1.31. The van der Waals surface area contributed by atoms with Gasteiger partial charge in [-0.1, -0.05) is 12.1 Å². The first kappa shape index (κ1) is 27.9. The van der Waals surface area contributed by atoms with Crippen molar-refractivity contribution in [3.05, 3.63) is 54.6 Å². The monoisotopic (exact) mass is 545 g/mol. The predicted molar refractivity (Wildman–Crippen MR) is 139 cm³/mol. The van der Waals surface area contributed by atoms with Crippen LogP contribution >= 0.6 is 0 Å². The van der Waals surface area contributed by atoms with E-state index < -0.39 is 16.1 Å². The fraction of sp³-hybridized carbons (Fsp3) is 0.520. The number of hydrogen-bond acceptors (Lipinski definition) is 8. The Morgan fingerprint density at radius 1 is 1.26 bits per heavy atom. The van der Waals surface area contributed by atoms with Gasteiger partial charge in [-0.05, 0) is 43.7 Å². The van der Waals surface area contributed by atoms with Crippen molar-refractivity contribution < 1.29 is 23.1 Å². The van der Waals surface area contributed by atoms with Crippen LogP contribution < -0.4 is 0 Å². The first-order valence-corrected chi connectivity index (χ1v) is 14.1. The highest BCUT2D eigenvalue weighted by molar-refractivity contribution is 7.89. The van der Waals surface area contributed by atoms with E-state index in [-0.39, 0.29) is 42.5 Å². The van der Waals surface area contributed by atoms with E-state index in [1.165, 1.54) is 11.4 Å². The summed E-state index contributed by atoms with van der Waals surface area (Å²) in [6.07, 6.45) is 5.56. The van der Waals surface area contributed by atoms with Gasteiger partial charge in [-0.15, -0.1) is 5.10 Å². The molecule has 4 rings (SSSR count). The molecule has 13 heteroatoms. The minimum absolute atomic E-state index is 0.0636. The number of aliphatic hydroxyl groups excluding tert-OH is 1. The molecular weight excluding hydrogens is 510 g/mol. The smallest absolute Gasteiger partial charge is 0.242 e. The van der Waals surface area contributed by atoms with Crippen LogP contribution in [0.2, 0.25) is 0 Å². The van der Waals surface area contributed by atoms with E-state index in [4.69, 9.17) is 4.74 Å². The first-order valence-electron chi connectivity index (χ1n) is 12.7. The van der Waals surface area contributed by atoms with Crippen molar-refractivity contribution in [2.45, 2.75) is 56.9 Å². The van der Waals surface area contributed by atoms with E-state index in [0.717, 1.165) is 5.69 Å². The molecule has 0 radical (unpaired) electrons. The van der Waals surface area contributed by atoms with Gasteiger partial charge in [0.1, 0.15) is 5.69 Å². The number of aliphatic hydroxyl groups is 1. The number of sulfonamides is 1. The highest BCUT2D eigenvalue weighted by atomic mass is 32.2. The second-order valence-electron chi connectivity index (χ2n) is 9.71. The van der Waals surface area contributed by atoms with E-state index in [0.29, 0.717) is 31.6 Å². The summed E-state index contributed by atoms with van der Waals surface area (Å²) < 4.78 is 37.7. The Morgan fingerprint density at radius 3 is 2.71 bits per heavy atom. The van der Waals surface area contributed by atoms with Gasteiger partial charge in [0, 0.05) is 51.4 Å². The van der Waals surface area contributed by atoms with E-state index in [1.807, 2.05) is 6.92 Å². The average Bonchev–Trinajstić information content (AvgIpc) is 3.61. The summed E-state index contributed by atoms with van der Waals surface area (Å²) in [5.74, 6) is -0.307. The topological polar surface area (TPSA) is 136 Å². The van der Waals surface area contributed by atoms with Gasteiger partial charge in [0.05, 0.1) is 42.1 Å². The lowest BCUT2D eigenvalue weighted by atomic mass is 10.0. The molecule has 2 bridgehead atoms. The zero-order chi connectivity index (χ0) is 27.3. The van der Waals surface area contributed by atoms with Gasteiger partial charge in [0.2, 0.25) is 15.9 Å². The number of fused-ring (bicyclic) bond motifs is 2. The van der Waals surface area contributed by atoms with Crippen LogP contribution in [0.3, 0.4) is 0 Å². The molecule has 3 atom stereocenters. The third kappa shape index (κ3) is 6.46. The van der Waals surface area contributed by atoms with E-state index in [1.54, 1.807) is 70.1 Å².